The fraction of sp³-hybridized carbons (Fsp3) is 0.529. The van der Waals surface area contributed by atoms with Gasteiger partial charge in [-0.25, -0.2) is 0 Å². The molecule has 1 aromatic rings. The number of aromatic hydroxyl groups is 1. The molecule has 1 atom stereocenters. The molecule has 0 bridgehead atoms. The standard InChI is InChI=1S/C13H16O2.2C2H6/c14-9-10-1-3-11(4-2-10)12-5-7-13(15)8-6-12;2*1-2/h3,5-8,10,14-15H,1-2,4,9H2;2*1-2H3. The highest BCUT2D eigenvalue weighted by Gasteiger charge is 2.14. The number of phenols is 1. The van der Waals surface area contributed by atoms with E-state index in [1.54, 1.807) is 12.1 Å². The highest BCUT2D eigenvalue weighted by Crippen LogP contribution is 2.30. The minimum absolute atomic E-state index is 0.291. The number of allylic oxidation sites excluding steroid dienone is 2. The summed E-state index contributed by atoms with van der Waals surface area (Å²) in [6.45, 7) is 8.29. The lowest BCUT2D eigenvalue weighted by molar-refractivity contribution is 0.218. The van der Waals surface area contributed by atoms with E-state index >= 15 is 0 Å². The van der Waals surface area contributed by atoms with Gasteiger partial charge < -0.3 is 10.2 Å². The monoisotopic (exact) mass is 264 g/mol. The van der Waals surface area contributed by atoms with Crippen LogP contribution < -0.4 is 0 Å². The Labute approximate surface area is 117 Å². The Kier molecular flexibility index (Phi) is 9.91. The topological polar surface area (TPSA) is 40.5 Å². The predicted molar refractivity (Wildman–Crippen MR) is 83.2 cm³/mol. The number of hydrogen-bond donors (Lipinski definition) is 2. The van der Waals surface area contributed by atoms with Gasteiger partial charge in [0.2, 0.25) is 0 Å². The van der Waals surface area contributed by atoms with Gasteiger partial charge >= 0.3 is 0 Å². The Morgan fingerprint density at radius 1 is 1.05 bits per heavy atom. The van der Waals surface area contributed by atoms with Crippen LogP contribution in [0.2, 0.25) is 0 Å². The van der Waals surface area contributed by atoms with Crippen LogP contribution in [-0.2, 0) is 0 Å². The zero-order valence-corrected chi connectivity index (χ0v) is 12.7. The minimum Gasteiger partial charge on any atom is -0.508 e. The first-order chi connectivity index (χ1) is 9.29. The van der Waals surface area contributed by atoms with E-state index in [0.29, 0.717) is 18.3 Å². The summed E-state index contributed by atoms with van der Waals surface area (Å²) in [5, 5.41) is 18.2. The zero-order valence-electron chi connectivity index (χ0n) is 12.7. The highest BCUT2D eigenvalue weighted by molar-refractivity contribution is 5.66. The average molecular weight is 264 g/mol. The molecule has 0 fully saturated rings. The maximum absolute atomic E-state index is 9.18. The molecule has 0 amide bonds. The molecule has 0 heterocycles. The average Bonchev–Trinajstić information content (AvgIpc) is 2.52. The number of aliphatic hydroxyl groups excluding tert-OH is 1. The van der Waals surface area contributed by atoms with Crippen molar-refractivity contribution in [3.63, 3.8) is 0 Å². The molecule has 0 aliphatic heterocycles. The molecule has 2 rings (SSSR count). The van der Waals surface area contributed by atoms with Gasteiger partial charge in [-0.3, -0.25) is 0 Å². The Morgan fingerprint density at radius 2 is 1.63 bits per heavy atom. The lowest BCUT2D eigenvalue weighted by Crippen LogP contribution is -2.09. The summed E-state index contributed by atoms with van der Waals surface area (Å²) in [6.07, 6.45) is 5.25. The summed E-state index contributed by atoms with van der Waals surface area (Å²) < 4.78 is 0. The molecule has 0 aromatic heterocycles. The lowest BCUT2D eigenvalue weighted by atomic mass is 9.87. The Bertz CT molecular complexity index is 352. The highest BCUT2D eigenvalue weighted by atomic mass is 16.3. The quantitative estimate of drug-likeness (QED) is 0.818. The number of hydrogen-bond acceptors (Lipinski definition) is 2. The number of benzene rings is 1. The smallest absolute Gasteiger partial charge is 0.115 e. The zero-order chi connectivity index (χ0) is 14.7. The van der Waals surface area contributed by atoms with E-state index in [9.17, 15) is 5.11 Å². The van der Waals surface area contributed by atoms with Crippen LogP contribution in [0.15, 0.2) is 30.3 Å². The van der Waals surface area contributed by atoms with Crippen molar-refractivity contribution >= 4 is 5.57 Å². The molecule has 2 heteroatoms. The molecule has 0 saturated heterocycles. The maximum Gasteiger partial charge on any atom is 0.115 e. The Balaban J connectivity index is 0.000000741. The van der Waals surface area contributed by atoms with Gasteiger partial charge in [-0.2, -0.15) is 0 Å². The molecule has 0 saturated carbocycles. The summed E-state index contributed by atoms with van der Waals surface area (Å²) in [4.78, 5) is 0. The summed E-state index contributed by atoms with van der Waals surface area (Å²) in [7, 11) is 0. The molecule has 1 aliphatic carbocycles. The SMILES string of the molecule is CC.CC.OCC1CC=C(c2ccc(O)cc2)CC1. The van der Waals surface area contributed by atoms with E-state index in [1.165, 1.54) is 11.1 Å². The number of aliphatic hydroxyl groups is 1. The van der Waals surface area contributed by atoms with Gasteiger partial charge in [0, 0.05) is 6.61 Å². The van der Waals surface area contributed by atoms with Crippen LogP contribution in [0.5, 0.6) is 5.75 Å². The fourth-order valence-corrected chi connectivity index (χ4v) is 1.99. The van der Waals surface area contributed by atoms with E-state index in [1.807, 2.05) is 39.8 Å². The third-order valence-corrected chi connectivity index (χ3v) is 3.02. The van der Waals surface area contributed by atoms with Crippen molar-refractivity contribution in [2.45, 2.75) is 47.0 Å². The van der Waals surface area contributed by atoms with Gasteiger partial charge in [0.05, 0.1) is 0 Å². The van der Waals surface area contributed by atoms with Crippen molar-refractivity contribution in [2.75, 3.05) is 6.61 Å². The van der Waals surface area contributed by atoms with Crippen LogP contribution in [0.25, 0.3) is 5.57 Å². The second-order valence-corrected chi connectivity index (χ2v) is 4.10. The van der Waals surface area contributed by atoms with Gasteiger partial charge in [0.15, 0.2) is 0 Å². The van der Waals surface area contributed by atoms with Gasteiger partial charge in [0.1, 0.15) is 5.75 Å². The van der Waals surface area contributed by atoms with Crippen molar-refractivity contribution in [1.82, 2.24) is 0 Å². The molecular formula is C17H28O2. The molecule has 0 radical (unpaired) electrons. The van der Waals surface area contributed by atoms with Crippen molar-refractivity contribution in [3.05, 3.63) is 35.9 Å². The van der Waals surface area contributed by atoms with Gasteiger partial charge in [-0.05, 0) is 48.4 Å². The summed E-state index contributed by atoms with van der Waals surface area (Å²) >= 11 is 0. The van der Waals surface area contributed by atoms with Crippen LogP contribution in [0.3, 0.4) is 0 Å². The largest absolute Gasteiger partial charge is 0.508 e. The van der Waals surface area contributed by atoms with E-state index in [0.717, 1.165) is 19.3 Å². The molecule has 1 aliphatic rings. The van der Waals surface area contributed by atoms with Crippen LogP contribution in [0, 0.1) is 5.92 Å². The molecule has 1 aromatic carbocycles. The molecule has 2 N–H and O–H groups in total. The van der Waals surface area contributed by atoms with Gasteiger partial charge in [-0.15, -0.1) is 0 Å². The second kappa shape index (κ2) is 10.6. The normalized spacial score (nSPS) is 17.3. The minimum atomic E-state index is 0.291. The fourth-order valence-electron chi connectivity index (χ4n) is 1.99. The molecule has 108 valence electrons. The Morgan fingerprint density at radius 3 is 2.05 bits per heavy atom. The molecule has 1 unspecified atom stereocenters. The third kappa shape index (κ3) is 5.93. The van der Waals surface area contributed by atoms with E-state index in [-0.39, 0.29) is 0 Å². The maximum atomic E-state index is 9.18. The third-order valence-electron chi connectivity index (χ3n) is 3.02. The predicted octanol–water partition coefficient (Wildman–Crippen LogP) is 4.62. The van der Waals surface area contributed by atoms with Crippen molar-refractivity contribution in [2.24, 2.45) is 5.92 Å². The number of phenolic OH excluding ortho intramolecular Hbond substituents is 1. The molecule has 2 nitrogen and oxygen atoms in total. The van der Waals surface area contributed by atoms with E-state index in [2.05, 4.69) is 6.08 Å². The summed E-state index contributed by atoms with van der Waals surface area (Å²) in [6, 6.07) is 7.32. The van der Waals surface area contributed by atoms with Crippen molar-refractivity contribution in [3.8, 4) is 5.75 Å². The first-order valence-corrected chi connectivity index (χ1v) is 7.39. The van der Waals surface area contributed by atoms with Crippen molar-refractivity contribution in [1.29, 1.82) is 0 Å². The first kappa shape index (κ1) is 17.7. The molecular weight excluding hydrogens is 236 g/mol. The summed E-state index contributed by atoms with van der Waals surface area (Å²) in [5.74, 6) is 0.745. The Hall–Kier alpha value is -1.28. The van der Waals surface area contributed by atoms with Gasteiger partial charge in [0.25, 0.3) is 0 Å². The van der Waals surface area contributed by atoms with Crippen LogP contribution in [-0.4, -0.2) is 16.8 Å². The van der Waals surface area contributed by atoms with Crippen molar-refractivity contribution < 1.29 is 10.2 Å². The van der Waals surface area contributed by atoms with Crippen LogP contribution in [0.1, 0.15) is 52.5 Å². The molecule has 0 spiro atoms. The first-order valence-electron chi connectivity index (χ1n) is 7.39. The van der Waals surface area contributed by atoms with Crippen LogP contribution in [0.4, 0.5) is 0 Å². The van der Waals surface area contributed by atoms with E-state index in [4.69, 9.17) is 5.11 Å². The van der Waals surface area contributed by atoms with E-state index < -0.39 is 0 Å². The van der Waals surface area contributed by atoms with Crippen LogP contribution >= 0.6 is 0 Å². The second-order valence-electron chi connectivity index (χ2n) is 4.10. The molecule has 19 heavy (non-hydrogen) atoms. The number of rotatable bonds is 2. The lowest BCUT2D eigenvalue weighted by Gasteiger charge is -2.20. The summed E-state index contributed by atoms with van der Waals surface area (Å²) in [5.41, 5.74) is 2.52. The van der Waals surface area contributed by atoms with Gasteiger partial charge in [-0.1, -0.05) is 45.9 Å².